The Morgan fingerprint density at radius 2 is 1.94 bits per heavy atom. The molecule has 0 heterocycles. The van der Waals surface area contributed by atoms with E-state index in [1.807, 2.05) is 18.2 Å². The van der Waals surface area contributed by atoms with Gasteiger partial charge in [-0.2, -0.15) is 0 Å². The van der Waals surface area contributed by atoms with Crippen molar-refractivity contribution in [1.29, 1.82) is 0 Å². The summed E-state index contributed by atoms with van der Waals surface area (Å²) >= 11 is 0. The van der Waals surface area contributed by atoms with Gasteiger partial charge in [0.1, 0.15) is 5.75 Å². The maximum atomic E-state index is 10.9. The normalized spacial score (nSPS) is 11.8. The maximum absolute atomic E-state index is 10.9. The molecule has 1 aromatic carbocycles. The van der Waals surface area contributed by atoms with Crippen molar-refractivity contribution in [2.75, 3.05) is 12.9 Å². The molecular weight excluding hydrogens is 260 g/mol. The molecular formula is C12H17ClO3S. The third kappa shape index (κ3) is 4.96. The van der Waals surface area contributed by atoms with Gasteiger partial charge in [0, 0.05) is 10.7 Å². The number of benzene rings is 1. The molecule has 0 amide bonds. The van der Waals surface area contributed by atoms with E-state index in [1.54, 1.807) is 7.11 Å². The van der Waals surface area contributed by atoms with Crippen molar-refractivity contribution in [3.8, 4) is 5.75 Å². The first-order valence-corrected chi connectivity index (χ1v) is 7.90. The fraction of sp³-hybridized carbons (Fsp3) is 0.500. The lowest BCUT2D eigenvalue weighted by atomic mass is 9.99. The lowest BCUT2D eigenvalue weighted by molar-refractivity contribution is 0.413. The molecule has 0 spiro atoms. The molecule has 0 aliphatic heterocycles. The molecule has 0 saturated heterocycles. The highest BCUT2D eigenvalue weighted by atomic mass is 35.7. The summed E-state index contributed by atoms with van der Waals surface area (Å²) in [6.07, 6.45) is 0.406. The van der Waals surface area contributed by atoms with E-state index in [2.05, 4.69) is 13.8 Å². The van der Waals surface area contributed by atoms with Crippen molar-refractivity contribution in [2.24, 2.45) is 0 Å². The lowest BCUT2D eigenvalue weighted by Gasteiger charge is -2.11. The van der Waals surface area contributed by atoms with Crippen molar-refractivity contribution in [3.63, 3.8) is 0 Å². The highest BCUT2D eigenvalue weighted by molar-refractivity contribution is 8.13. The van der Waals surface area contributed by atoms with Crippen molar-refractivity contribution in [3.05, 3.63) is 29.3 Å². The van der Waals surface area contributed by atoms with Gasteiger partial charge >= 0.3 is 0 Å². The van der Waals surface area contributed by atoms with Crippen LogP contribution in [0.2, 0.25) is 0 Å². The molecule has 5 heteroatoms. The number of halogens is 1. The summed E-state index contributed by atoms with van der Waals surface area (Å²) in [7, 11) is 3.36. The van der Waals surface area contributed by atoms with Crippen LogP contribution >= 0.6 is 10.7 Å². The van der Waals surface area contributed by atoms with Crippen LogP contribution in [0.25, 0.3) is 0 Å². The third-order valence-electron chi connectivity index (χ3n) is 2.53. The van der Waals surface area contributed by atoms with E-state index in [1.165, 1.54) is 0 Å². The Bertz CT molecular complexity index is 481. The molecule has 0 aliphatic rings. The van der Waals surface area contributed by atoms with Crippen LogP contribution in [-0.4, -0.2) is 21.3 Å². The maximum Gasteiger partial charge on any atom is 0.232 e. The molecule has 0 atom stereocenters. The van der Waals surface area contributed by atoms with Gasteiger partial charge in [-0.15, -0.1) is 0 Å². The van der Waals surface area contributed by atoms with Crippen LogP contribution in [0.1, 0.15) is 30.9 Å². The second-order valence-corrected chi connectivity index (χ2v) is 7.16. The van der Waals surface area contributed by atoms with Crippen LogP contribution in [0.3, 0.4) is 0 Å². The number of rotatable bonds is 5. The number of ether oxygens (including phenoxy) is 1. The molecule has 1 aromatic rings. The van der Waals surface area contributed by atoms with Crippen LogP contribution in [-0.2, 0) is 15.5 Å². The summed E-state index contributed by atoms with van der Waals surface area (Å²) in [5, 5.41) is 0. The van der Waals surface area contributed by atoms with Gasteiger partial charge in [-0.05, 0) is 35.6 Å². The number of aryl methyl sites for hydroxylation is 1. The van der Waals surface area contributed by atoms with Crippen LogP contribution in [0.15, 0.2) is 18.2 Å². The number of hydrogen-bond donors (Lipinski definition) is 0. The average Bonchev–Trinajstić information content (AvgIpc) is 2.25. The molecule has 0 saturated carbocycles. The Hall–Kier alpha value is -0.740. The van der Waals surface area contributed by atoms with Gasteiger partial charge < -0.3 is 4.74 Å². The molecule has 0 radical (unpaired) electrons. The van der Waals surface area contributed by atoms with Gasteiger partial charge in [-0.25, -0.2) is 8.42 Å². The van der Waals surface area contributed by atoms with Gasteiger partial charge in [0.2, 0.25) is 9.05 Å². The first kappa shape index (κ1) is 14.3. The van der Waals surface area contributed by atoms with Gasteiger partial charge in [-0.1, -0.05) is 19.9 Å². The molecule has 1 rings (SSSR count). The van der Waals surface area contributed by atoms with E-state index < -0.39 is 9.05 Å². The van der Waals surface area contributed by atoms with Crippen molar-refractivity contribution in [1.82, 2.24) is 0 Å². The SMILES string of the molecule is COc1cc(CCS(=O)(=O)Cl)cc(C(C)C)c1. The average molecular weight is 277 g/mol. The smallest absolute Gasteiger partial charge is 0.232 e. The Kier molecular flexibility index (Phi) is 4.83. The number of hydrogen-bond acceptors (Lipinski definition) is 3. The molecule has 3 nitrogen and oxygen atoms in total. The zero-order valence-electron chi connectivity index (χ0n) is 10.2. The second kappa shape index (κ2) is 5.74. The van der Waals surface area contributed by atoms with Crippen LogP contribution in [0.5, 0.6) is 5.75 Å². The highest BCUT2D eigenvalue weighted by Crippen LogP contribution is 2.23. The first-order valence-electron chi connectivity index (χ1n) is 5.42. The highest BCUT2D eigenvalue weighted by Gasteiger charge is 2.09. The van der Waals surface area contributed by atoms with Gasteiger partial charge in [0.15, 0.2) is 0 Å². The minimum Gasteiger partial charge on any atom is -0.497 e. The topological polar surface area (TPSA) is 43.4 Å². The molecule has 0 bridgehead atoms. The predicted octanol–water partition coefficient (Wildman–Crippen LogP) is 2.93. The lowest BCUT2D eigenvalue weighted by Crippen LogP contribution is -2.02. The summed E-state index contributed by atoms with van der Waals surface area (Å²) in [6, 6.07) is 5.80. The summed E-state index contributed by atoms with van der Waals surface area (Å²) in [5.74, 6) is 1.06. The fourth-order valence-electron chi connectivity index (χ4n) is 1.52. The summed E-state index contributed by atoms with van der Waals surface area (Å²) in [4.78, 5) is 0. The molecule has 0 unspecified atom stereocenters. The van der Waals surface area contributed by atoms with E-state index in [-0.39, 0.29) is 5.75 Å². The number of methoxy groups -OCH3 is 1. The van der Waals surface area contributed by atoms with E-state index in [4.69, 9.17) is 15.4 Å². The molecule has 0 fully saturated rings. The Labute approximate surface area is 107 Å². The van der Waals surface area contributed by atoms with Gasteiger partial charge in [0.05, 0.1) is 12.9 Å². The standard InChI is InChI=1S/C12H17ClO3S/c1-9(2)11-6-10(4-5-17(13,14)15)7-12(8-11)16-3/h6-9H,4-5H2,1-3H3. The van der Waals surface area contributed by atoms with E-state index in [9.17, 15) is 8.42 Å². The van der Waals surface area contributed by atoms with E-state index in [0.717, 1.165) is 16.9 Å². The van der Waals surface area contributed by atoms with E-state index >= 15 is 0 Å². The monoisotopic (exact) mass is 276 g/mol. The Balaban J connectivity index is 2.95. The van der Waals surface area contributed by atoms with Crippen LogP contribution < -0.4 is 4.74 Å². The van der Waals surface area contributed by atoms with Crippen molar-refractivity contribution >= 4 is 19.7 Å². The molecule has 0 N–H and O–H groups in total. The minimum atomic E-state index is -3.44. The van der Waals surface area contributed by atoms with Crippen molar-refractivity contribution in [2.45, 2.75) is 26.2 Å². The minimum absolute atomic E-state index is 0.0563. The third-order valence-corrected chi connectivity index (χ3v) is 3.68. The summed E-state index contributed by atoms with van der Waals surface area (Å²) in [6.45, 7) is 4.16. The molecule has 0 aliphatic carbocycles. The molecule has 17 heavy (non-hydrogen) atoms. The zero-order valence-corrected chi connectivity index (χ0v) is 11.8. The summed E-state index contributed by atoms with van der Waals surface area (Å²) in [5.41, 5.74) is 2.06. The molecule has 96 valence electrons. The van der Waals surface area contributed by atoms with Gasteiger partial charge in [0.25, 0.3) is 0 Å². The van der Waals surface area contributed by atoms with E-state index in [0.29, 0.717) is 12.3 Å². The quantitative estimate of drug-likeness (QED) is 0.777. The van der Waals surface area contributed by atoms with Crippen LogP contribution in [0, 0.1) is 0 Å². The molecule has 0 aromatic heterocycles. The van der Waals surface area contributed by atoms with Crippen LogP contribution in [0.4, 0.5) is 0 Å². The zero-order chi connectivity index (χ0) is 13.1. The predicted molar refractivity (Wildman–Crippen MR) is 70.4 cm³/mol. The Morgan fingerprint density at radius 1 is 1.29 bits per heavy atom. The summed E-state index contributed by atoms with van der Waals surface area (Å²) < 4.78 is 27.0. The van der Waals surface area contributed by atoms with Gasteiger partial charge in [-0.3, -0.25) is 0 Å². The fourth-order valence-corrected chi connectivity index (χ4v) is 2.23. The van der Waals surface area contributed by atoms with Crippen molar-refractivity contribution < 1.29 is 13.2 Å². The largest absolute Gasteiger partial charge is 0.497 e. The Morgan fingerprint density at radius 3 is 2.41 bits per heavy atom. The first-order chi connectivity index (χ1) is 7.81. The second-order valence-electron chi connectivity index (χ2n) is 4.26.